The van der Waals surface area contributed by atoms with Gasteiger partial charge in [0.2, 0.25) is 0 Å². The Balaban J connectivity index is 1.84. The Kier molecular flexibility index (Phi) is 5.79. The zero-order valence-corrected chi connectivity index (χ0v) is 17.0. The number of amides is 1. The highest BCUT2D eigenvalue weighted by molar-refractivity contribution is 6.19. The molecule has 2 aromatic rings. The average molecular weight is 385 g/mol. The fourth-order valence-electron chi connectivity index (χ4n) is 2.82. The summed E-state index contributed by atoms with van der Waals surface area (Å²) < 4.78 is 0. The van der Waals surface area contributed by atoms with Crippen LogP contribution >= 0.6 is 0 Å². The Morgan fingerprint density at radius 1 is 0.862 bits per heavy atom. The van der Waals surface area contributed by atoms with Crippen molar-refractivity contribution in [1.82, 2.24) is 4.90 Å². The van der Waals surface area contributed by atoms with Crippen LogP contribution in [0.2, 0.25) is 0 Å². The molecule has 0 saturated carbocycles. The van der Waals surface area contributed by atoms with Gasteiger partial charge in [-0.05, 0) is 47.5 Å². The highest BCUT2D eigenvalue weighted by atomic mass is 16.2. The number of carbonyl (C=O) groups excluding carboxylic acids is 1. The lowest BCUT2D eigenvalue weighted by atomic mass is 10.1. The van der Waals surface area contributed by atoms with E-state index in [9.17, 15) is 10.1 Å². The molecule has 0 aromatic heterocycles. The second kappa shape index (κ2) is 8.44. The first kappa shape index (κ1) is 19.9. The van der Waals surface area contributed by atoms with Crippen molar-refractivity contribution < 1.29 is 4.79 Å². The highest BCUT2D eigenvalue weighted by Gasteiger charge is 2.28. The molecular weight excluding hydrogens is 362 g/mol. The standard InChI is InChI=1S/C23H23N5O/c1-26(2)19-10-5-17(6-11-19)9-14-22-25-21(23(29)28(22)16-24)15-18-7-12-20(13-8-18)27(3)4/h5-15H,1-4H3/b14-9+,21-15-. The Labute approximate surface area is 171 Å². The van der Waals surface area contributed by atoms with Crippen molar-refractivity contribution in [3.05, 3.63) is 71.4 Å². The minimum absolute atomic E-state index is 0.242. The molecule has 2 aromatic carbocycles. The smallest absolute Gasteiger partial charge is 0.291 e. The molecule has 29 heavy (non-hydrogen) atoms. The fraction of sp³-hybridized carbons (Fsp3) is 0.174. The molecule has 0 unspecified atom stereocenters. The summed E-state index contributed by atoms with van der Waals surface area (Å²) in [5.41, 5.74) is 4.22. The number of nitrogens with zero attached hydrogens (tertiary/aromatic N) is 5. The summed E-state index contributed by atoms with van der Waals surface area (Å²) in [4.78, 5) is 21.9. The molecule has 3 rings (SSSR count). The molecule has 0 spiro atoms. The summed E-state index contributed by atoms with van der Waals surface area (Å²) in [5.74, 6) is -0.114. The maximum Gasteiger partial charge on any atom is 0.291 e. The lowest BCUT2D eigenvalue weighted by molar-refractivity contribution is -0.120. The maximum atomic E-state index is 12.5. The van der Waals surface area contributed by atoms with Crippen molar-refractivity contribution in [3.8, 4) is 6.19 Å². The van der Waals surface area contributed by atoms with Crippen molar-refractivity contribution >= 4 is 35.3 Å². The number of anilines is 2. The molecular formula is C23H23N5O. The first-order valence-corrected chi connectivity index (χ1v) is 9.16. The number of aliphatic imine (C=N–C) groups is 1. The van der Waals surface area contributed by atoms with Gasteiger partial charge in [-0.1, -0.05) is 30.3 Å². The van der Waals surface area contributed by atoms with Crippen LogP contribution in [-0.4, -0.2) is 44.8 Å². The van der Waals surface area contributed by atoms with E-state index in [1.54, 1.807) is 12.2 Å². The molecule has 146 valence electrons. The third-order valence-electron chi connectivity index (χ3n) is 4.53. The van der Waals surface area contributed by atoms with Gasteiger partial charge in [0.05, 0.1) is 0 Å². The largest absolute Gasteiger partial charge is 0.378 e. The third-order valence-corrected chi connectivity index (χ3v) is 4.53. The number of rotatable bonds is 5. The Morgan fingerprint density at radius 3 is 1.86 bits per heavy atom. The van der Waals surface area contributed by atoms with Crippen LogP contribution in [0.3, 0.4) is 0 Å². The van der Waals surface area contributed by atoms with Crippen molar-refractivity contribution in [2.45, 2.75) is 0 Å². The summed E-state index contributed by atoms with van der Waals surface area (Å²) in [6.07, 6.45) is 7.13. The van der Waals surface area contributed by atoms with Crippen LogP contribution in [0.4, 0.5) is 11.4 Å². The van der Waals surface area contributed by atoms with Gasteiger partial charge in [0.25, 0.3) is 5.91 Å². The molecule has 0 aliphatic carbocycles. The fourth-order valence-corrected chi connectivity index (χ4v) is 2.82. The molecule has 0 radical (unpaired) electrons. The molecule has 6 nitrogen and oxygen atoms in total. The van der Waals surface area contributed by atoms with Crippen molar-refractivity contribution in [1.29, 1.82) is 5.26 Å². The summed E-state index contributed by atoms with van der Waals surface area (Å²) in [6, 6.07) is 15.7. The Morgan fingerprint density at radius 2 is 1.38 bits per heavy atom. The number of amidine groups is 1. The lowest BCUT2D eigenvalue weighted by Gasteiger charge is -2.11. The first-order chi connectivity index (χ1) is 13.9. The first-order valence-electron chi connectivity index (χ1n) is 9.16. The predicted octanol–water partition coefficient (Wildman–Crippen LogP) is 3.59. The Bertz CT molecular complexity index is 1020. The number of hydrogen-bond acceptors (Lipinski definition) is 5. The van der Waals surface area contributed by atoms with Gasteiger partial charge < -0.3 is 9.80 Å². The zero-order valence-electron chi connectivity index (χ0n) is 17.0. The monoisotopic (exact) mass is 385 g/mol. The van der Waals surface area contributed by atoms with E-state index in [1.165, 1.54) is 0 Å². The maximum absolute atomic E-state index is 12.5. The topological polar surface area (TPSA) is 62.9 Å². The summed E-state index contributed by atoms with van der Waals surface area (Å²) >= 11 is 0. The van der Waals surface area contributed by atoms with Gasteiger partial charge in [0.1, 0.15) is 5.70 Å². The number of hydrogen-bond donors (Lipinski definition) is 0. The van der Waals surface area contributed by atoms with E-state index in [0.717, 1.165) is 27.4 Å². The van der Waals surface area contributed by atoms with Crippen LogP contribution in [0, 0.1) is 11.5 Å². The van der Waals surface area contributed by atoms with Crippen LogP contribution in [0.1, 0.15) is 11.1 Å². The van der Waals surface area contributed by atoms with E-state index in [1.807, 2.05) is 98.8 Å². The summed E-state index contributed by atoms with van der Waals surface area (Å²) in [6.45, 7) is 0. The van der Waals surface area contributed by atoms with Crippen LogP contribution < -0.4 is 9.80 Å². The Hall–Kier alpha value is -3.85. The minimum Gasteiger partial charge on any atom is -0.378 e. The van der Waals surface area contributed by atoms with Gasteiger partial charge >= 0.3 is 0 Å². The van der Waals surface area contributed by atoms with Gasteiger partial charge in [0, 0.05) is 39.6 Å². The summed E-state index contributed by atoms with van der Waals surface area (Å²) in [5, 5.41) is 9.38. The second-order valence-electron chi connectivity index (χ2n) is 7.05. The van der Waals surface area contributed by atoms with E-state index in [-0.39, 0.29) is 5.70 Å². The van der Waals surface area contributed by atoms with Gasteiger partial charge in [0.15, 0.2) is 12.0 Å². The number of carbonyl (C=O) groups is 1. The SMILES string of the molecule is CN(C)c1ccc(/C=C2N=C(/C=C/c3ccc(N(C)C)cc3)N(C#N)C\2=O)cc1. The molecule has 0 bridgehead atoms. The quantitative estimate of drug-likeness (QED) is 0.583. The minimum atomic E-state index is -0.424. The van der Waals surface area contributed by atoms with Crippen molar-refractivity contribution in [2.24, 2.45) is 4.99 Å². The third kappa shape index (κ3) is 4.53. The van der Waals surface area contributed by atoms with E-state index in [0.29, 0.717) is 5.84 Å². The van der Waals surface area contributed by atoms with Crippen LogP contribution in [0.5, 0.6) is 0 Å². The van der Waals surface area contributed by atoms with E-state index in [2.05, 4.69) is 4.99 Å². The second-order valence-corrected chi connectivity index (χ2v) is 7.05. The molecule has 1 aliphatic rings. The van der Waals surface area contributed by atoms with Crippen LogP contribution in [0.25, 0.3) is 12.2 Å². The lowest BCUT2D eigenvalue weighted by Crippen LogP contribution is -2.25. The van der Waals surface area contributed by atoms with Gasteiger partial charge in [-0.15, -0.1) is 0 Å². The van der Waals surface area contributed by atoms with Crippen molar-refractivity contribution in [3.63, 3.8) is 0 Å². The van der Waals surface area contributed by atoms with Crippen LogP contribution in [-0.2, 0) is 4.79 Å². The zero-order chi connectivity index (χ0) is 21.0. The molecule has 0 atom stereocenters. The van der Waals surface area contributed by atoms with E-state index >= 15 is 0 Å². The number of benzene rings is 2. The van der Waals surface area contributed by atoms with Gasteiger partial charge in [-0.25, -0.2) is 4.99 Å². The molecule has 0 saturated heterocycles. The van der Waals surface area contributed by atoms with Crippen molar-refractivity contribution in [2.75, 3.05) is 38.0 Å². The van der Waals surface area contributed by atoms with E-state index < -0.39 is 5.91 Å². The normalized spacial score (nSPS) is 15.0. The summed E-state index contributed by atoms with van der Waals surface area (Å²) in [7, 11) is 7.90. The van der Waals surface area contributed by atoms with Gasteiger partial charge in [-0.3, -0.25) is 4.79 Å². The molecule has 0 N–H and O–H groups in total. The van der Waals surface area contributed by atoms with E-state index in [4.69, 9.17) is 0 Å². The molecule has 1 amide bonds. The molecule has 0 fully saturated rings. The molecule has 1 aliphatic heterocycles. The highest BCUT2D eigenvalue weighted by Crippen LogP contribution is 2.21. The molecule has 1 heterocycles. The van der Waals surface area contributed by atoms with Gasteiger partial charge in [-0.2, -0.15) is 10.2 Å². The average Bonchev–Trinajstić information content (AvgIpc) is 3.01. The number of nitriles is 1. The van der Waals surface area contributed by atoms with Crippen LogP contribution in [0.15, 0.2) is 65.3 Å². The molecule has 6 heteroatoms. The predicted molar refractivity (Wildman–Crippen MR) is 118 cm³/mol.